The summed E-state index contributed by atoms with van der Waals surface area (Å²) in [7, 11) is 0. The first kappa shape index (κ1) is 13.0. The molecule has 0 aromatic heterocycles. The molecule has 2 rings (SSSR count). The van der Waals surface area contributed by atoms with Gasteiger partial charge in [0.2, 0.25) is 0 Å². The van der Waals surface area contributed by atoms with Crippen LogP contribution in [0.3, 0.4) is 0 Å². The van der Waals surface area contributed by atoms with Crippen molar-refractivity contribution in [3.05, 3.63) is 71.0 Å². The fourth-order valence-electron chi connectivity index (χ4n) is 1.70. The van der Waals surface area contributed by atoms with Crippen molar-refractivity contribution in [2.24, 2.45) is 0 Å². The van der Waals surface area contributed by atoms with Crippen LogP contribution in [0.5, 0.6) is 0 Å². The number of benzene rings is 2. The molecule has 2 aromatic carbocycles. The van der Waals surface area contributed by atoms with E-state index in [1.54, 1.807) is 12.1 Å². The summed E-state index contributed by atoms with van der Waals surface area (Å²) in [5, 5.41) is -0.526. The molecule has 0 aliphatic rings. The van der Waals surface area contributed by atoms with Gasteiger partial charge >= 0.3 is 0 Å². The molecule has 0 N–H and O–H groups in total. The fourth-order valence-corrected chi connectivity index (χ4v) is 2.01. The Morgan fingerprint density at radius 3 is 2.39 bits per heavy atom. The van der Waals surface area contributed by atoms with Crippen LogP contribution in [0.1, 0.15) is 16.5 Å². The zero-order valence-electron chi connectivity index (χ0n) is 9.34. The van der Waals surface area contributed by atoms with E-state index in [1.807, 2.05) is 0 Å². The Morgan fingerprint density at radius 2 is 1.72 bits per heavy atom. The highest BCUT2D eigenvalue weighted by Gasteiger charge is 2.12. The molecular formula is C14H10ClF3. The standard InChI is InChI=1S/C14H10ClF3/c15-12(7-9-2-1-3-11(16)6-9)10-4-5-13(17)14(18)8-10/h1-6,8,12H,7H2. The topological polar surface area (TPSA) is 0 Å². The maximum atomic E-state index is 13.0. The fraction of sp³-hybridized carbons (Fsp3) is 0.143. The van der Waals surface area contributed by atoms with Gasteiger partial charge in [-0.05, 0) is 41.8 Å². The molecule has 0 aliphatic heterocycles. The molecule has 0 saturated carbocycles. The van der Waals surface area contributed by atoms with Crippen LogP contribution in [-0.2, 0) is 6.42 Å². The maximum Gasteiger partial charge on any atom is 0.159 e. The molecule has 0 radical (unpaired) electrons. The van der Waals surface area contributed by atoms with E-state index >= 15 is 0 Å². The maximum absolute atomic E-state index is 13.0. The van der Waals surface area contributed by atoms with Gasteiger partial charge in [0, 0.05) is 0 Å². The van der Waals surface area contributed by atoms with Crippen LogP contribution < -0.4 is 0 Å². The van der Waals surface area contributed by atoms with E-state index in [0.29, 0.717) is 17.5 Å². The van der Waals surface area contributed by atoms with Crippen LogP contribution >= 0.6 is 11.6 Å². The highest BCUT2D eigenvalue weighted by molar-refractivity contribution is 6.20. The van der Waals surface area contributed by atoms with Gasteiger partial charge < -0.3 is 0 Å². The van der Waals surface area contributed by atoms with Crippen molar-refractivity contribution in [2.45, 2.75) is 11.8 Å². The lowest BCUT2D eigenvalue weighted by Crippen LogP contribution is -1.98. The molecule has 0 heterocycles. The molecule has 0 spiro atoms. The van der Waals surface area contributed by atoms with Gasteiger partial charge in [-0.3, -0.25) is 0 Å². The summed E-state index contributed by atoms with van der Waals surface area (Å²) in [5.41, 5.74) is 1.18. The zero-order valence-corrected chi connectivity index (χ0v) is 10.1. The second-order valence-electron chi connectivity index (χ2n) is 3.98. The average molecular weight is 271 g/mol. The quantitative estimate of drug-likeness (QED) is 0.714. The van der Waals surface area contributed by atoms with Crippen LogP contribution in [0, 0.1) is 17.5 Å². The molecule has 1 atom stereocenters. The molecule has 94 valence electrons. The van der Waals surface area contributed by atoms with Crippen LogP contribution in [0.2, 0.25) is 0 Å². The third kappa shape index (κ3) is 3.05. The second kappa shape index (κ2) is 5.44. The third-order valence-electron chi connectivity index (χ3n) is 2.61. The van der Waals surface area contributed by atoms with Crippen molar-refractivity contribution in [1.82, 2.24) is 0 Å². The molecular weight excluding hydrogens is 261 g/mol. The van der Waals surface area contributed by atoms with Gasteiger partial charge in [-0.15, -0.1) is 11.6 Å². The molecule has 0 saturated heterocycles. The van der Waals surface area contributed by atoms with Gasteiger partial charge in [0.05, 0.1) is 5.38 Å². The van der Waals surface area contributed by atoms with E-state index in [0.717, 1.165) is 12.1 Å². The van der Waals surface area contributed by atoms with E-state index in [2.05, 4.69) is 0 Å². The van der Waals surface area contributed by atoms with Crippen LogP contribution in [-0.4, -0.2) is 0 Å². The molecule has 0 amide bonds. The van der Waals surface area contributed by atoms with Crippen LogP contribution in [0.4, 0.5) is 13.2 Å². The number of alkyl halides is 1. The van der Waals surface area contributed by atoms with Crippen molar-refractivity contribution in [3.8, 4) is 0 Å². The van der Waals surface area contributed by atoms with Crippen molar-refractivity contribution in [2.75, 3.05) is 0 Å². The normalized spacial score (nSPS) is 12.4. The van der Waals surface area contributed by atoms with Gasteiger partial charge in [0.15, 0.2) is 11.6 Å². The molecule has 0 nitrogen and oxygen atoms in total. The summed E-state index contributed by atoms with van der Waals surface area (Å²) < 4.78 is 38.8. The molecule has 0 aliphatic carbocycles. The average Bonchev–Trinajstić information content (AvgIpc) is 2.32. The largest absolute Gasteiger partial charge is 0.207 e. The van der Waals surface area contributed by atoms with Crippen LogP contribution in [0.25, 0.3) is 0 Å². The predicted molar refractivity (Wildman–Crippen MR) is 65.1 cm³/mol. The van der Waals surface area contributed by atoms with Gasteiger partial charge in [-0.25, -0.2) is 13.2 Å². The first-order valence-electron chi connectivity index (χ1n) is 5.40. The summed E-state index contributed by atoms with van der Waals surface area (Å²) in [5.74, 6) is -2.19. The summed E-state index contributed by atoms with van der Waals surface area (Å²) in [6, 6.07) is 9.55. The predicted octanol–water partition coefficient (Wildman–Crippen LogP) is 4.63. The number of hydrogen-bond donors (Lipinski definition) is 0. The summed E-state index contributed by atoms with van der Waals surface area (Å²) in [4.78, 5) is 0. The smallest absolute Gasteiger partial charge is 0.159 e. The van der Waals surface area contributed by atoms with Gasteiger partial charge in [0.25, 0.3) is 0 Å². The van der Waals surface area contributed by atoms with E-state index < -0.39 is 17.0 Å². The second-order valence-corrected chi connectivity index (χ2v) is 4.50. The first-order valence-corrected chi connectivity index (χ1v) is 5.83. The Morgan fingerprint density at radius 1 is 0.944 bits per heavy atom. The summed E-state index contributed by atoms with van der Waals surface area (Å²) >= 11 is 6.11. The Kier molecular flexibility index (Phi) is 3.92. The molecule has 4 heteroatoms. The molecule has 18 heavy (non-hydrogen) atoms. The molecule has 1 unspecified atom stereocenters. The van der Waals surface area contributed by atoms with Gasteiger partial charge in [0.1, 0.15) is 5.82 Å². The summed E-state index contributed by atoms with van der Waals surface area (Å²) in [6.45, 7) is 0. The molecule has 0 bridgehead atoms. The van der Waals surface area contributed by atoms with E-state index in [-0.39, 0.29) is 5.82 Å². The number of hydrogen-bond acceptors (Lipinski definition) is 0. The van der Waals surface area contributed by atoms with Crippen molar-refractivity contribution >= 4 is 11.6 Å². The minimum atomic E-state index is -0.933. The number of halogens is 4. The van der Waals surface area contributed by atoms with E-state index in [4.69, 9.17) is 11.6 Å². The van der Waals surface area contributed by atoms with Gasteiger partial charge in [-0.1, -0.05) is 18.2 Å². The zero-order chi connectivity index (χ0) is 13.1. The highest BCUT2D eigenvalue weighted by atomic mass is 35.5. The minimum Gasteiger partial charge on any atom is -0.207 e. The Labute approximate surface area is 108 Å². The third-order valence-corrected chi connectivity index (χ3v) is 3.02. The van der Waals surface area contributed by atoms with Crippen LogP contribution in [0.15, 0.2) is 42.5 Å². The van der Waals surface area contributed by atoms with Crippen molar-refractivity contribution in [1.29, 1.82) is 0 Å². The summed E-state index contributed by atoms with van der Waals surface area (Å²) in [6.07, 6.45) is 0.352. The van der Waals surface area contributed by atoms with E-state index in [9.17, 15) is 13.2 Å². The monoisotopic (exact) mass is 270 g/mol. The lowest BCUT2D eigenvalue weighted by molar-refractivity contribution is 0.507. The Hall–Kier alpha value is -1.48. The lowest BCUT2D eigenvalue weighted by atomic mass is 10.0. The first-order chi connectivity index (χ1) is 8.56. The Balaban J connectivity index is 2.16. The number of rotatable bonds is 3. The van der Waals surface area contributed by atoms with E-state index in [1.165, 1.54) is 18.2 Å². The van der Waals surface area contributed by atoms with Crippen molar-refractivity contribution < 1.29 is 13.2 Å². The highest BCUT2D eigenvalue weighted by Crippen LogP contribution is 2.26. The molecule has 2 aromatic rings. The van der Waals surface area contributed by atoms with Gasteiger partial charge in [-0.2, -0.15) is 0 Å². The SMILES string of the molecule is Fc1cccc(CC(Cl)c2ccc(F)c(F)c2)c1. The Bertz CT molecular complexity index is 554. The molecule has 0 fully saturated rings. The lowest BCUT2D eigenvalue weighted by Gasteiger charge is -2.10. The minimum absolute atomic E-state index is 0.346. The van der Waals surface area contributed by atoms with Crippen molar-refractivity contribution in [3.63, 3.8) is 0 Å².